The van der Waals surface area contributed by atoms with E-state index in [2.05, 4.69) is 11.8 Å². The van der Waals surface area contributed by atoms with Gasteiger partial charge in [-0.05, 0) is 62.1 Å². The van der Waals surface area contributed by atoms with Crippen LogP contribution < -0.4 is 0 Å². The highest BCUT2D eigenvalue weighted by Crippen LogP contribution is 2.77. The van der Waals surface area contributed by atoms with Crippen molar-refractivity contribution >= 4 is 5.97 Å². The highest BCUT2D eigenvalue weighted by atomic mass is 16.6. The van der Waals surface area contributed by atoms with Crippen LogP contribution in [0.4, 0.5) is 0 Å². The second-order valence-corrected chi connectivity index (χ2v) is 12.5. The second kappa shape index (κ2) is 7.76. The zero-order chi connectivity index (χ0) is 25.0. The molecule has 196 valence electrons. The number of ether oxygens (including phenoxy) is 3. The fraction of sp³-hybridized carbons (Fsp3) is 0.759. The predicted octanol–water partition coefficient (Wildman–Crippen LogP) is 2.49. The van der Waals surface area contributed by atoms with Crippen LogP contribution in [0.1, 0.15) is 49.4 Å². The molecule has 5 saturated carbocycles. The summed E-state index contributed by atoms with van der Waals surface area (Å²) in [7, 11) is 3.44. The van der Waals surface area contributed by atoms with E-state index in [1.807, 2.05) is 25.3 Å². The van der Waals surface area contributed by atoms with Crippen LogP contribution in [-0.4, -0.2) is 83.9 Å². The van der Waals surface area contributed by atoms with Crippen molar-refractivity contribution in [2.45, 2.75) is 74.6 Å². The Hall–Kier alpha value is -1.51. The van der Waals surface area contributed by atoms with E-state index in [9.17, 15) is 15.0 Å². The van der Waals surface area contributed by atoms with E-state index in [1.54, 1.807) is 19.2 Å². The molecular formula is C29H39NO6. The monoisotopic (exact) mass is 497 g/mol. The molecule has 1 heterocycles. The quantitative estimate of drug-likeness (QED) is 0.605. The van der Waals surface area contributed by atoms with Gasteiger partial charge in [-0.2, -0.15) is 0 Å². The maximum atomic E-state index is 13.3. The Kier molecular flexibility index (Phi) is 5.09. The molecule has 7 heteroatoms. The molecule has 2 N–H and O–H groups in total. The third kappa shape index (κ3) is 2.59. The Morgan fingerprint density at radius 2 is 1.75 bits per heavy atom. The third-order valence-electron chi connectivity index (χ3n) is 11.8. The number of hydrogen-bond acceptors (Lipinski definition) is 7. The van der Waals surface area contributed by atoms with Gasteiger partial charge in [-0.3, -0.25) is 4.90 Å². The van der Waals surface area contributed by atoms with Crippen molar-refractivity contribution in [2.75, 3.05) is 27.3 Å². The van der Waals surface area contributed by atoms with Gasteiger partial charge in [0, 0.05) is 50.5 Å². The molecule has 7 bridgehead atoms. The lowest BCUT2D eigenvalue weighted by molar-refractivity contribution is -0.271. The van der Waals surface area contributed by atoms with E-state index in [0.29, 0.717) is 30.2 Å². The molecule has 12 atom stereocenters. The first-order valence-corrected chi connectivity index (χ1v) is 13.8. The highest BCUT2D eigenvalue weighted by Gasteiger charge is 2.84. The van der Waals surface area contributed by atoms with Crippen LogP contribution in [0, 0.1) is 35.0 Å². The fourth-order valence-electron chi connectivity index (χ4n) is 10.8. The smallest absolute Gasteiger partial charge is 0.338 e. The molecule has 0 radical (unpaired) electrons. The van der Waals surface area contributed by atoms with Gasteiger partial charge in [-0.25, -0.2) is 4.79 Å². The van der Waals surface area contributed by atoms with Gasteiger partial charge in [0.15, 0.2) is 0 Å². The summed E-state index contributed by atoms with van der Waals surface area (Å²) in [6, 6.07) is 9.17. The fourth-order valence-corrected chi connectivity index (χ4v) is 10.8. The van der Waals surface area contributed by atoms with E-state index >= 15 is 0 Å². The molecule has 1 aromatic carbocycles. The van der Waals surface area contributed by atoms with Crippen LogP contribution in [0.3, 0.4) is 0 Å². The lowest BCUT2D eigenvalue weighted by Crippen LogP contribution is -2.75. The van der Waals surface area contributed by atoms with E-state index in [4.69, 9.17) is 14.2 Å². The summed E-state index contributed by atoms with van der Waals surface area (Å²) >= 11 is 0. The van der Waals surface area contributed by atoms with E-state index < -0.39 is 29.4 Å². The Bertz CT molecular complexity index is 1050. The second-order valence-electron chi connectivity index (χ2n) is 12.5. The Morgan fingerprint density at radius 1 is 1.00 bits per heavy atom. The van der Waals surface area contributed by atoms with Crippen LogP contribution in [0.2, 0.25) is 0 Å². The number of piperidine rings is 1. The first-order valence-electron chi connectivity index (χ1n) is 13.8. The Morgan fingerprint density at radius 3 is 2.44 bits per heavy atom. The zero-order valence-electron chi connectivity index (χ0n) is 21.5. The molecule has 1 spiro atoms. The number of carbonyl (C=O) groups is 1. The molecule has 1 aliphatic heterocycles. The zero-order valence-corrected chi connectivity index (χ0v) is 21.5. The third-order valence-corrected chi connectivity index (χ3v) is 11.8. The average Bonchev–Trinajstić information content (AvgIpc) is 3.27. The van der Waals surface area contributed by atoms with Gasteiger partial charge >= 0.3 is 5.97 Å². The van der Waals surface area contributed by atoms with Crippen LogP contribution in [-0.2, 0) is 14.2 Å². The Labute approximate surface area is 213 Å². The Balaban J connectivity index is 1.39. The highest BCUT2D eigenvalue weighted by molar-refractivity contribution is 5.89. The SMILES string of the molecule is CCN1C[C@@H]2CC[C@H](OC)[C@]34C1[C@H](C[C@H]23)[C@@]1(O)C[C@H](OC)[C@@]2(O)C[C@@H]4[C@@H]1[C@H]2OC(=O)c1ccccc1. The van der Waals surface area contributed by atoms with E-state index in [1.165, 1.54) is 0 Å². The minimum Gasteiger partial charge on any atom is -0.455 e. The van der Waals surface area contributed by atoms with Crippen LogP contribution in [0.25, 0.3) is 0 Å². The summed E-state index contributed by atoms with van der Waals surface area (Å²) in [5, 5.41) is 25.0. The standard InChI is InChI=1S/C29H39NO6/c1-4-30-15-17-10-11-21(34-2)29-18(17)12-19(24(29)30)27(32)14-22(35-3)28(33)13-20(29)23(27)25(28)36-26(31)16-8-6-5-7-9-16/h5-9,17-25,32-33H,4,10-15H2,1-3H3/t17-,18+,19-,20+,21-,22-,23+,24?,25+,27-,28-,29-/m0/s1. The topological polar surface area (TPSA) is 88.5 Å². The molecule has 0 amide bonds. The van der Waals surface area contributed by atoms with Crippen molar-refractivity contribution in [3.63, 3.8) is 0 Å². The molecular weight excluding hydrogens is 458 g/mol. The normalized spacial score (nSPS) is 52.3. The molecule has 0 aromatic heterocycles. The van der Waals surface area contributed by atoms with Gasteiger partial charge in [0.2, 0.25) is 0 Å². The van der Waals surface area contributed by atoms with Crippen molar-refractivity contribution in [1.82, 2.24) is 4.90 Å². The molecule has 5 aliphatic carbocycles. The predicted molar refractivity (Wildman–Crippen MR) is 131 cm³/mol. The number of benzene rings is 1. The first kappa shape index (κ1) is 23.6. The molecule has 1 unspecified atom stereocenters. The van der Waals surface area contributed by atoms with Crippen LogP contribution in [0.15, 0.2) is 30.3 Å². The van der Waals surface area contributed by atoms with Crippen molar-refractivity contribution < 1.29 is 29.2 Å². The molecule has 1 aromatic rings. The lowest BCUT2D eigenvalue weighted by atomic mass is 9.46. The summed E-state index contributed by atoms with van der Waals surface area (Å²) in [4.78, 5) is 15.9. The maximum absolute atomic E-state index is 13.3. The van der Waals surface area contributed by atoms with E-state index in [-0.39, 0.29) is 35.3 Å². The summed E-state index contributed by atoms with van der Waals surface area (Å²) in [5.41, 5.74) is -2.10. The largest absolute Gasteiger partial charge is 0.455 e. The van der Waals surface area contributed by atoms with Crippen molar-refractivity contribution in [2.24, 2.45) is 35.0 Å². The average molecular weight is 498 g/mol. The molecule has 7 rings (SSSR count). The van der Waals surface area contributed by atoms with Crippen molar-refractivity contribution in [3.05, 3.63) is 35.9 Å². The number of methoxy groups -OCH3 is 2. The number of hydrogen-bond donors (Lipinski definition) is 2. The minimum absolute atomic E-state index is 0.00271. The van der Waals surface area contributed by atoms with Gasteiger partial charge in [-0.15, -0.1) is 0 Å². The summed E-state index contributed by atoms with van der Waals surface area (Å²) < 4.78 is 18.4. The number of rotatable bonds is 5. The molecule has 6 aliphatic rings. The van der Waals surface area contributed by atoms with Gasteiger partial charge in [0.1, 0.15) is 11.7 Å². The van der Waals surface area contributed by atoms with Gasteiger partial charge in [0.25, 0.3) is 0 Å². The number of esters is 1. The van der Waals surface area contributed by atoms with Crippen LogP contribution >= 0.6 is 0 Å². The van der Waals surface area contributed by atoms with E-state index in [0.717, 1.165) is 32.4 Å². The number of aliphatic hydroxyl groups is 2. The van der Waals surface area contributed by atoms with Crippen molar-refractivity contribution in [3.8, 4) is 0 Å². The number of nitrogens with zero attached hydrogens (tertiary/aromatic N) is 1. The number of fused-ring (bicyclic) bond motifs is 2. The maximum Gasteiger partial charge on any atom is 0.338 e. The minimum atomic E-state index is -1.34. The van der Waals surface area contributed by atoms with Crippen LogP contribution in [0.5, 0.6) is 0 Å². The van der Waals surface area contributed by atoms with Gasteiger partial charge < -0.3 is 24.4 Å². The van der Waals surface area contributed by atoms with Crippen molar-refractivity contribution in [1.29, 1.82) is 0 Å². The number of likely N-dealkylation sites (tertiary alicyclic amines) is 1. The molecule has 6 fully saturated rings. The molecule has 7 nitrogen and oxygen atoms in total. The molecule has 36 heavy (non-hydrogen) atoms. The lowest BCUT2D eigenvalue weighted by Gasteiger charge is -2.67. The number of carbonyl (C=O) groups excluding carboxylic acids is 1. The van der Waals surface area contributed by atoms with Gasteiger partial charge in [0.05, 0.1) is 23.4 Å². The summed E-state index contributed by atoms with van der Waals surface area (Å²) in [6.45, 7) is 4.25. The first-order chi connectivity index (χ1) is 17.3. The molecule has 1 saturated heterocycles. The summed E-state index contributed by atoms with van der Waals surface area (Å²) in [5.74, 6) is 0.301. The summed E-state index contributed by atoms with van der Waals surface area (Å²) in [6.07, 6.45) is 2.65. The van der Waals surface area contributed by atoms with Gasteiger partial charge in [-0.1, -0.05) is 25.1 Å².